The first-order chi connectivity index (χ1) is 46.8. The molecule has 4 saturated heterocycles. The number of halogens is 3. The first kappa shape index (κ1) is 69.3. The maximum absolute atomic E-state index is 12.4. The van der Waals surface area contributed by atoms with Crippen LogP contribution in [-0.2, 0) is 38.3 Å². The van der Waals surface area contributed by atoms with Gasteiger partial charge in [0.2, 0.25) is 24.9 Å². The molecular formula is C74H77Cl3N8O12. The van der Waals surface area contributed by atoms with Crippen LogP contribution in [0.5, 0.6) is 0 Å². The van der Waals surface area contributed by atoms with Crippen LogP contribution in [0.1, 0.15) is 127 Å². The van der Waals surface area contributed by atoms with Crippen LogP contribution in [-0.4, -0.2) is 143 Å². The molecule has 0 spiro atoms. The Bertz CT molecular complexity index is 3980. The number of carbonyl (C=O) groups is 4. The van der Waals surface area contributed by atoms with Gasteiger partial charge in [0.05, 0.1) is 43.0 Å². The van der Waals surface area contributed by atoms with E-state index in [1.807, 2.05) is 114 Å². The number of ether oxygens (including phenoxy) is 4. The van der Waals surface area contributed by atoms with E-state index in [0.29, 0.717) is 77.5 Å². The van der Waals surface area contributed by atoms with Crippen molar-refractivity contribution in [1.82, 2.24) is 19.6 Å². The quantitative estimate of drug-likeness (QED) is 0.135. The van der Waals surface area contributed by atoms with Crippen LogP contribution in [0.3, 0.4) is 0 Å². The van der Waals surface area contributed by atoms with E-state index in [-0.39, 0.29) is 71.9 Å². The van der Waals surface area contributed by atoms with Gasteiger partial charge in [0.25, 0.3) is 0 Å². The third-order valence-corrected chi connectivity index (χ3v) is 17.9. The minimum absolute atomic E-state index is 0.00129. The first-order valence-electron chi connectivity index (χ1n) is 33.0. The molecule has 0 N–H and O–H groups in total. The van der Waals surface area contributed by atoms with Crippen LogP contribution in [0.15, 0.2) is 118 Å². The molecular weight excluding hydrogens is 1300 g/mol. The van der Waals surface area contributed by atoms with Gasteiger partial charge in [-0.1, -0.05) is 130 Å². The summed E-state index contributed by atoms with van der Waals surface area (Å²) < 4.78 is 21.5. The largest absolute Gasteiger partial charge is 0.449 e. The van der Waals surface area contributed by atoms with E-state index in [2.05, 4.69) is 68.0 Å². The lowest BCUT2D eigenvalue weighted by Gasteiger charge is -2.24. The molecule has 8 aliphatic heterocycles. The lowest BCUT2D eigenvalue weighted by molar-refractivity contribution is -0.0326. The van der Waals surface area contributed by atoms with Crippen LogP contribution in [0.2, 0.25) is 15.1 Å². The lowest BCUT2D eigenvalue weighted by Crippen LogP contribution is -2.39. The third-order valence-electron chi connectivity index (χ3n) is 17.2. The van der Waals surface area contributed by atoms with Gasteiger partial charge in [-0.2, -0.15) is 0 Å². The van der Waals surface area contributed by atoms with Crippen molar-refractivity contribution in [3.63, 3.8) is 0 Å². The molecule has 506 valence electrons. The molecule has 23 heteroatoms. The van der Waals surface area contributed by atoms with Crippen molar-refractivity contribution in [2.75, 3.05) is 39.4 Å². The molecule has 2 saturated carbocycles. The summed E-state index contributed by atoms with van der Waals surface area (Å²) >= 11 is 17.9. The summed E-state index contributed by atoms with van der Waals surface area (Å²) in [5.74, 6) is 25.2. The summed E-state index contributed by atoms with van der Waals surface area (Å²) in [6.45, 7) is 15.0. The van der Waals surface area contributed by atoms with Crippen LogP contribution in [0, 0.1) is 89.3 Å². The number of benzene rings is 4. The minimum atomic E-state index is -0.420. The molecule has 4 aromatic rings. The number of carbonyl (C=O) groups excluding carboxylic acids is 4. The van der Waals surface area contributed by atoms with Crippen LogP contribution in [0.4, 0.5) is 19.2 Å². The van der Waals surface area contributed by atoms with Crippen molar-refractivity contribution in [3.8, 4) is 47.4 Å². The number of oxime groups is 4. The second-order valence-corrected chi connectivity index (χ2v) is 27.8. The fourth-order valence-corrected chi connectivity index (χ4v) is 12.6. The highest BCUT2D eigenvalue weighted by Crippen LogP contribution is 2.37. The van der Waals surface area contributed by atoms with Gasteiger partial charge in [0, 0.05) is 63.5 Å². The number of fused-ring (bicyclic) bond motifs is 4. The van der Waals surface area contributed by atoms with Crippen LogP contribution in [0.25, 0.3) is 0 Å². The van der Waals surface area contributed by atoms with Crippen LogP contribution >= 0.6 is 34.8 Å². The Hall–Kier alpha value is -9.05. The highest BCUT2D eigenvalue weighted by Gasteiger charge is 2.50. The molecule has 6 fully saturated rings. The summed E-state index contributed by atoms with van der Waals surface area (Å²) in [5.41, 5.74) is 7.25. The van der Waals surface area contributed by atoms with Crippen molar-refractivity contribution in [3.05, 3.63) is 140 Å². The molecule has 4 amide bonds. The van der Waals surface area contributed by atoms with E-state index >= 15 is 0 Å². The molecule has 8 heterocycles. The Morgan fingerprint density at radius 1 is 0.485 bits per heavy atom. The predicted molar refractivity (Wildman–Crippen MR) is 367 cm³/mol. The molecule has 4 aromatic carbocycles. The molecule has 97 heavy (non-hydrogen) atoms. The van der Waals surface area contributed by atoms with E-state index in [1.54, 1.807) is 43.9 Å². The zero-order valence-electron chi connectivity index (χ0n) is 55.0. The van der Waals surface area contributed by atoms with Crippen LogP contribution < -0.4 is 0 Å². The number of hydrogen-bond acceptors (Lipinski definition) is 16. The summed E-state index contributed by atoms with van der Waals surface area (Å²) in [6, 6.07) is 30.1. The van der Waals surface area contributed by atoms with E-state index in [0.717, 1.165) is 92.2 Å². The summed E-state index contributed by atoms with van der Waals surface area (Å²) in [6.07, 6.45) is 6.62. The molecule has 20 nitrogen and oxygen atoms in total. The molecule has 8 atom stereocenters. The number of likely N-dealkylation sites (tertiary alicyclic amines) is 4. The van der Waals surface area contributed by atoms with Crippen molar-refractivity contribution in [2.24, 2.45) is 55.6 Å². The lowest BCUT2D eigenvalue weighted by atomic mass is 9.99. The van der Waals surface area contributed by atoms with Gasteiger partial charge in [0.1, 0.15) is 29.0 Å². The van der Waals surface area contributed by atoms with E-state index < -0.39 is 18.7 Å². The highest BCUT2D eigenvalue weighted by molar-refractivity contribution is 6.31. The minimum Gasteiger partial charge on any atom is -0.449 e. The second-order valence-electron chi connectivity index (χ2n) is 26.5. The van der Waals surface area contributed by atoms with E-state index in [1.165, 1.54) is 5.56 Å². The van der Waals surface area contributed by atoms with Crippen molar-refractivity contribution >= 4 is 82.0 Å². The average Bonchev–Trinajstić information content (AvgIpc) is 1.67. The first-order valence-corrected chi connectivity index (χ1v) is 34.1. The van der Waals surface area contributed by atoms with Gasteiger partial charge in [-0.05, 0) is 192 Å². The molecule has 0 bridgehead atoms. The number of aryl methyl sites for hydroxylation is 1. The van der Waals surface area contributed by atoms with Crippen molar-refractivity contribution < 1.29 is 57.5 Å². The number of nitrogens with zero attached hydrogens (tertiary/aromatic N) is 8. The fourth-order valence-electron chi connectivity index (χ4n) is 12.0. The maximum Gasteiger partial charge on any atom is 0.413 e. The summed E-state index contributed by atoms with van der Waals surface area (Å²) in [5, 5.41) is 18.2. The maximum atomic E-state index is 12.4. The predicted octanol–water partition coefficient (Wildman–Crippen LogP) is 13.9. The summed E-state index contributed by atoms with van der Waals surface area (Å²) in [4.78, 5) is 77.1. The Morgan fingerprint density at radius 3 is 1.21 bits per heavy atom. The number of amides is 4. The van der Waals surface area contributed by atoms with Gasteiger partial charge >= 0.3 is 24.4 Å². The molecule has 14 rings (SSSR count). The number of rotatable bonds is 5. The van der Waals surface area contributed by atoms with Gasteiger partial charge in [-0.25, -0.2) is 19.2 Å². The van der Waals surface area contributed by atoms with Gasteiger partial charge < -0.3 is 38.3 Å². The van der Waals surface area contributed by atoms with Gasteiger partial charge in [-0.15, -0.1) is 0 Å². The molecule has 0 aromatic heterocycles. The zero-order valence-corrected chi connectivity index (χ0v) is 57.3. The topological polar surface area (TPSA) is 205 Å². The highest BCUT2D eigenvalue weighted by atomic mass is 35.5. The zero-order chi connectivity index (χ0) is 68.2. The molecule has 2 aliphatic carbocycles. The Kier molecular flexibility index (Phi) is 22.8. The monoisotopic (exact) mass is 1370 g/mol. The Morgan fingerprint density at radius 2 is 0.845 bits per heavy atom. The summed E-state index contributed by atoms with van der Waals surface area (Å²) in [7, 11) is 0. The number of hydrogen-bond donors (Lipinski definition) is 0. The Labute approximate surface area is 581 Å². The normalized spacial score (nSPS) is 23.4. The van der Waals surface area contributed by atoms with Gasteiger partial charge in [-0.3, -0.25) is 19.6 Å². The second kappa shape index (κ2) is 31.9. The van der Waals surface area contributed by atoms with Crippen molar-refractivity contribution in [1.29, 1.82) is 0 Å². The molecule has 10 aliphatic rings. The average molecular weight is 1380 g/mol. The Balaban J connectivity index is 0.000000131. The molecule has 8 unspecified atom stereocenters. The van der Waals surface area contributed by atoms with E-state index in [9.17, 15) is 19.2 Å². The van der Waals surface area contributed by atoms with Crippen molar-refractivity contribution in [2.45, 2.75) is 143 Å². The van der Waals surface area contributed by atoms with E-state index in [4.69, 9.17) is 73.1 Å². The smallest absolute Gasteiger partial charge is 0.413 e. The third kappa shape index (κ3) is 18.5. The SMILES string of the molecule is CC(C)(C)COC(=O)N1CCC2C(C#Cc3cccc(Cl)c3)=NOC21.CC(C)OC(=O)N1CCC2C(C#Cc3cccc(Cl)c3)=NOC21.Cc1cccc(C#CC2=NOC3C2CCN3C(=O)OCC2CC2)c1.O=C(OC1CCCC1)N1CCC2C(C#Cc3cccc(Cl)c3)=NOC21. The standard InChI is InChI=1S/C19H19ClN2O3.C19H21ClN2O3.C19H20N2O3.C17H17ClN2O3/c20-14-5-3-4-13(12-14)8-9-17-16-10-11-22(18(16)25-21-17)19(23)24-15-6-1-2-7-15;1-19(2,3)12-24-18(23)22-10-9-15-16(21-25-17(15)22)8-7-13-5-4-6-14(20)11-13;1-13-3-2-4-14(11-13)7-8-17-16-9-10-21(18(16)24-20-17)19(22)23-12-15-5-6-15;1-11(2)22-17(21)20-9-8-14-15(19-23-16(14)20)7-6-12-4-3-5-13(18)10-12/h3-5,12,15-16,18H,1-2,6-7,10-11H2;4-6,11,15,17H,9-10,12H2,1-3H3;2-4,11,15-16,18H,5-6,9-10,12H2,1H3;3-5,10-11,14,16H,8-9H2,1-2H3. The fraction of sp³-hybridized carbons (Fsp3) is 0.459. The van der Waals surface area contributed by atoms with Gasteiger partial charge in [0.15, 0.2) is 0 Å². The molecule has 0 radical (unpaired) electrons.